The lowest BCUT2D eigenvalue weighted by molar-refractivity contribution is 0.296. The Morgan fingerprint density at radius 2 is 2.11 bits per heavy atom. The summed E-state index contributed by atoms with van der Waals surface area (Å²) in [6, 6.07) is 8.64. The summed E-state index contributed by atoms with van der Waals surface area (Å²) in [6.45, 7) is 8.40. The lowest BCUT2D eigenvalue weighted by Crippen LogP contribution is -2.22. The zero-order valence-electron chi connectivity index (χ0n) is 11.6. The van der Waals surface area contributed by atoms with Gasteiger partial charge in [-0.3, -0.25) is 4.90 Å². The fraction of sp³-hybridized carbons (Fsp3) is 0.400. The van der Waals surface area contributed by atoms with E-state index in [1.807, 2.05) is 11.6 Å². The Morgan fingerprint density at radius 1 is 1.26 bits per heavy atom. The third kappa shape index (κ3) is 4.33. The Balaban J connectivity index is 1.94. The van der Waals surface area contributed by atoms with E-state index in [2.05, 4.69) is 53.3 Å². The van der Waals surface area contributed by atoms with Gasteiger partial charge in [0.15, 0.2) is 0 Å². The molecule has 2 rings (SSSR count). The molecule has 0 unspecified atom stereocenters. The Bertz CT molecular complexity index is 478. The van der Waals surface area contributed by atoms with E-state index >= 15 is 0 Å². The van der Waals surface area contributed by atoms with Crippen LogP contribution in [0, 0.1) is 0 Å². The predicted molar refractivity (Wildman–Crippen MR) is 82.5 cm³/mol. The number of anilines is 1. The van der Waals surface area contributed by atoms with Crippen molar-refractivity contribution in [1.82, 2.24) is 9.88 Å². The number of benzene rings is 1. The van der Waals surface area contributed by atoms with Crippen LogP contribution in [0.2, 0.25) is 0 Å². The van der Waals surface area contributed by atoms with Gasteiger partial charge < -0.3 is 5.32 Å². The second kappa shape index (κ2) is 7.26. The van der Waals surface area contributed by atoms with Gasteiger partial charge in [0.05, 0.1) is 6.54 Å². The molecule has 1 heterocycles. The lowest BCUT2D eigenvalue weighted by Gasteiger charge is -2.18. The molecule has 0 fully saturated rings. The van der Waals surface area contributed by atoms with E-state index < -0.39 is 0 Å². The fourth-order valence-electron chi connectivity index (χ4n) is 2.00. The zero-order valence-corrected chi connectivity index (χ0v) is 12.4. The molecule has 0 aliphatic rings. The second-order valence-electron chi connectivity index (χ2n) is 4.44. The molecule has 0 aliphatic heterocycles. The third-order valence-electron chi connectivity index (χ3n) is 3.15. The molecule has 0 saturated heterocycles. The van der Waals surface area contributed by atoms with Crippen molar-refractivity contribution in [3.8, 4) is 0 Å². The van der Waals surface area contributed by atoms with Crippen molar-refractivity contribution in [2.24, 2.45) is 0 Å². The van der Waals surface area contributed by atoms with Crippen molar-refractivity contribution >= 4 is 17.0 Å². The van der Waals surface area contributed by atoms with Crippen LogP contribution in [0.1, 0.15) is 24.4 Å². The van der Waals surface area contributed by atoms with Gasteiger partial charge in [-0.25, -0.2) is 4.98 Å². The van der Waals surface area contributed by atoms with Crippen LogP contribution in [-0.2, 0) is 13.1 Å². The standard InChI is InChI=1S/C15H21N3S/c1-3-18(4-2)12-13-6-5-7-14(10-13)17-11-15-16-8-9-19-15/h5-10,17H,3-4,11-12H2,1-2H3. The first kappa shape index (κ1) is 14.0. The molecule has 4 heteroatoms. The van der Waals surface area contributed by atoms with E-state index in [0.717, 1.165) is 31.2 Å². The van der Waals surface area contributed by atoms with E-state index in [-0.39, 0.29) is 0 Å². The number of nitrogens with one attached hydrogen (secondary N) is 1. The number of rotatable bonds is 7. The van der Waals surface area contributed by atoms with Crippen LogP contribution in [0.15, 0.2) is 35.8 Å². The minimum Gasteiger partial charge on any atom is -0.379 e. The number of aromatic nitrogens is 1. The summed E-state index contributed by atoms with van der Waals surface area (Å²) in [5, 5.41) is 6.55. The molecule has 1 aromatic carbocycles. The van der Waals surface area contributed by atoms with Gasteiger partial charge >= 0.3 is 0 Å². The normalized spacial score (nSPS) is 10.9. The number of thiazole rings is 1. The van der Waals surface area contributed by atoms with E-state index in [4.69, 9.17) is 0 Å². The van der Waals surface area contributed by atoms with Crippen molar-refractivity contribution in [3.63, 3.8) is 0 Å². The summed E-state index contributed by atoms with van der Waals surface area (Å²) < 4.78 is 0. The number of nitrogens with zero attached hydrogens (tertiary/aromatic N) is 2. The van der Waals surface area contributed by atoms with E-state index in [0.29, 0.717) is 0 Å². The molecule has 0 saturated carbocycles. The van der Waals surface area contributed by atoms with Gasteiger partial charge in [-0.1, -0.05) is 26.0 Å². The van der Waals surface area contributed by atoms with Gasteiger partial charge in [0, 0.05) is 23.8 Å². The van der Waals surface area contributed by atoms with E-state index in [9.17, 15) is 0 Å². The third-order valence-corrected chi connectivity index (χ3v) is 3.93. The molecule has 0 spiro atoms. The molecule has 1 aromatic heterocycles. The van der Waals surface area contributed by atoms with Gasteiger partial charge in [-0.2, -0.15) is 0 Å². The summed E-state index contributed by atoms with van der Waals surface area (Å²) >= 11 is 1.68. The molecule has 19 heavy (non-hydrogen) atoms. The topological polar surface area (TPSA) is 28.2 Å². The molecule has 1 N–H and O–H groups in total. The van der Waals surface area contributed by atoms with Crippen molar-refractivity contribution in [1.29, 1.82) is 0 Å². The largest absolute Gasteiger partial charge is 0.379 e. The quantitative estimate of drug-likeness (QED) is 0.837. The van der Waals surface area contributed by atoms with Crippen LogP contribution < -0.4 is 5.32 Å². The Hall–Kier alpha value is -1.39. The van der Waals surface area contributed by atoms with Gasteiger partial charge in [0.2, 0.25) is 0 Å². The molecule has 0 atom stereocenters. The monoisotopic (exact) mass is 275 g/mol. The minimum atomic E-state index is 0.798. The minimum absolute atomic E-state index is 0.798. The molecular weight excluding hydrogens is 254 g/mol. The summed E-state index contributed by atoms with van der Waals surface area (Å²) in [7, 11) is 0. The van der Waals surface area contributed by atoms with Crippen LogP contribution in [0.25, 0.3) is 0 Å². The van der Waals surface area contributed by atoms with E-state index in [1.54, 1.807) is 11.3 Å². The first-order chi connectivity index (χ1) is 9.31. The van der Waals surface area contributed by atoms with Crippen LogP contribution in [0.3, 0.4) is 0 Å². The molecule has 2 aromatic rings. The molecule has 0 amide bonds. The van der Waals surface area contributed by atoms with Gasteiger partial charge in [0.1, 0.15) is 5.01 Å². The molecule has 3 nitrogen and oxygen atoms in total. The average molecular weight is 275 g/mol. The number of hydrogen-bond acceptors (Lipinski definition) is 4. The molecule has 102 valence electrons. The van der Waals surface area contributed by atoms with Crippen molar-refractivity contribution in [2.45, 2.75) is 26.9 Å². The average Bonchev–Trinajstić information content (AvgIpc) is 2.96. The maximum Gasteiger partial charge on any atom is 0.112 e. The summed E-state index contributed by atoms with van der Waals surface area (Å²) in [4.78, 5) is 6.69. The van der Waals surface area contributed by atoms with Crippen molar-refractivity contribution in [2.75, 3.05) is 18.4 Å². The Labute approximate surface area is 119 Å². The lowest BCUT2D eigenvalue weighted by atomic mass is 10.2. The van der Waals surface area contributed by atoms with Crippen LogP contribution in [0.4, 0.5) is 5.69 Å². The van der Waals surface area contributed by atoms with Crippen LogP contribution in [0.5, 0.6) is 0 Å². The van der Waals surface area contributed by atoms with E-state index in [1.165, 1.54) is 11.3 Å². The SMILES string of the molecule is CCN(CC)Cc1cccc(NCc2nccs2)c1. The maximum atomic E-state index is 4.28. The highest BCUT2D eigenvalue weighted by molar-refractivity contribution is 7.09. The zero-order chi connectivity index (χ0) is 13.5. The predicted octanol–water partition coefficient (Wildman–Crippen LogP) is 3.60. The maximum absolute atomic E-state index is 4.28. The van der Waals surface area contributed by atoms with Crippen molar-refractivity contribution in [3.05, 3.63) is 46.4 Å². The molecule has 0 bridgehead atoms. The highest BCUT2D eigenvalue weighted by Crippen LogP contribution is 2.14. The van der Waals surface area contributed by atoms with Gasteiger partial charge in [-0.15, -0.1) is 11.3 Å². The van der Waals surface area contributed by atoms with Crippen molar-refractivity contribution < 1.29 is 0 Å². The van der Waals surface area contributed by atoms with Gasteiger partial charge in [0.25, 0.3) is 0 Å². The fourth-order valence-corrected chi connectivity index (χ4v) is 2.56. The van der Waals surface area contributed by atoms with Gasteiger partial charge in [-0.05, 0) is 30.8 Å². The summed E-state index contributed by atoms with van der Waals surface area (Å²) in [5.74, 6) is 0. The highest BCUT2D eigenvalue weighted by atomic mass is 32.1. The number of hydrogen-bond donors (Lipinski definition) is 1. The Kier molecular flexibility index (Phi) is 5.36. The molecular formula is C15H21N3S. The summed E-state index contributed by atoms with van der Waals surface area (Å²) in [5.41, 5.74) is 2.52. The first-order valence-corrected chi connectivity index (χ1v) is 7.63. The molecule has 0 aliphatic carbocycles. The smallest absolute Gasteiger partial charge is 0.112 e. The first-order valence-electron chi connectivity index (χ1n) is 6.75. The highest BCUT2D eigenvalue weighted by Gasteiger charge is 2.02. The summed E-state index contributed by atoms with van der Waals surface area (Å²) in [6.07, 6.45) is 1.85. The van der Waals surface area contributed by atoms with Crippen LogP contribution >= 0.6 is 11.3 Å². The molecule has 0 radical (unpaired) electrons. The Morgan fingerprint density at radius 3 is 2.79 bits per heavy atom. The van der Waals surface area contributed by atoms with Crippen LogP contribution in [-0.4, -0.2) is 23.0 Å². The second-order valence-corrected chi connectivity index (χ2v) is 5.42.